The van der Waals surface area contributed by atoms with Crippen LogP contribution in [0, 0.1) is 0 Å². The highest BCUT2D eigenvalue weighted by molar-refractivity contribution is 7.49. The Hall–Kier alpha value is -2.71. The van der Waals surface area contributed by atoms with E-state index in [1.165, 1.54) is 0 Å². The van der Waals surface area contributed by atoms with Gasteiger partial charge in [-0.2, -0.15) is 4.57 Å². The molecule has 0 aliphatic rings. The lowest BCUT2D eigenvalue weighted by Gasteiger charge is -2.24. The van der Waals surface area contributed by atoms with Crippen LogP contribution in [0.25, 0.3) is 0 Å². The van der Waals surface area contributed by atoms with Gasteiger partial charge in [-0.15, -0.1) is 0 Å². The van der Waals surface area contributed by atoms with E-state index < -0.39 is 7.82 Å². The van der Waals surface area contributed by atoms with Crippen LogP contribution in [0.1, 0.15) is 50.7 Å². The van der Waals surface area contributed by atoms with Crippen molar-refractivity contribution in [1.29, 1.82) is 0 Å². The van der Waals surface area contributed by atoms with Gasteiger partial charge in [0.2, 0.25) is 0 Å². The fourth-order valence-electron chi connectivity index (χ4n) is 2.98. The first-order chi connectivity index (χ1) is 13.9. The van der Waals surface area contributed by atoms with Crippen molar-refractivity contribution in [2.24, 2.45) is 0 Å². The van der Waals surface area contributed by atoms with Gasteiger partial charge in [0.1, 0.15) is 17.2 Å². The van der Waals surface area contributed by atoms with Crippen molar-refractivity contribution in [2.75, 3.05) is 0 Å². The minimum absolute atomic E-state index is 0.186. The third-order valence-electron chi connectivity index (χ3n) is 4.44. The van der Waals surface area contributed by atoms with Gasteiger partial charge in [0.25, 0.3) is 0 Å². The Bertz CT molecular complexity index is 897. The maximum absolute atomic E-state index is 13.8. The van der Waals surface area contributed by atoms with Crippen molar-refractivity contribution >= 4 is 7.82 Å². The number of benzene rings is 3. The van der Waals surface area contributed by atoms with Crippen LogP contribution in [0.3, 0.4) is 0 Å². The number of hydrogen-bond donors (Lipinski definition) is 0. The van der Waals surface area contributed by atoms with Crippen LogP contribution >= 0.6 is 7.82 Å². The Balaban J connectivity index is 2.04. The molecule has 152 valence electrons. The Morgan fingerprint density at radius 3 is 1.38 bits per heavy atom. The maximum atomic E-state index is 13.8. The van der Waals surface area contributed by atoms with E-state index in [2.05, 4.69) is 27.7 Å². The molecule has 5 heteroatoms. The van der Waals surface area contributed by atoms with Crippen molar-refractivity contribution in [2.45, 2.75) is 39.5 Å². The number of para-hydroxylation sites is 3. The van der Waals surface area contributed by atoms with Crippen LogP contribution in [0.15, 0.2) is 78.9 Å². The highest BCUT2D eigenvalue weighted by Crippen LogP contribution is 2.52. The summed E-state index contributed by atoms with van der Waals surface area (Å²) >= 11 is 0. The van der Waals surface area contributed by atoms with Crippen LogP contribution in [0.4, 0.5) is 0 Å². The molecule has 0 saturated carbocycles. The van der Waals surface area contributed by atoms with Crippen molar-refractivity contribution in [3.63, 3.8) is 0 Å². The van der Waals surface area contributed by atoms with Crippen LogP contribution < -0.4 is 13.6 Å². The number of phosphoric acid groups is 1. The molecule has 0 radical (unpaired) electrons. The molecular formula is C24H27O4P. The molecule has 0 fully saturated rings. The molecule has 3 aromatic rings. The average Bonchev–Trinajstić information content (AvgIpc) is 2.69. The van der Waals surface area contributed by atoms with E-state index in [4.69, 9.17) is 13.6 Å². The quantitative estimate of drug-likeness (QED) is 0.359. The second-order valence-corrected chi connectivity index (χ2v) is 8.86. The number of hydrogen-bond acceptors (Lipinski definition) is 4. The summed E-state index contributed by atoms with van der Waals surface area (Å²) in [5, 5.41) is 0. The van der Waals surface area contributed by atoms with Gasteiger partial charge < -0.3 is 13.6 Å². The molecule has 3 rings (SSSR count). The second kappa shape index (κ2) is 9.19. The second-order valence-electron chi connectivity index (χ2n) is 7.42. The fraction of sp³-hybridized carbons (Fsp3) is 0.250. The molecule has 4 nitrogen and oxygen atoms in total. The zero-order valence-electron chi connectivity index (χ0n) is 17.2. The van der Waals surface area contributed by atoms with Gasteiger partial charge >= 0.3 is 7.82 Å². The summed E-state index contributed by atoms with van der Waals surface area (Å²) in [6.45, 7) is 8.31. The molecule has 0 amide bonds. The third-order valence-corrected chi connectivity index (χ3v) is 5.72. The predicted molar refractivity (Wildman–Crippen MR) is 117 cm³/mol. The normalized spacial score (nSPS) is 11.5. The lowest BCUT2D eigenvalue weighted by Crippen LogP contribution is -2.11. The molecule has 0 unspecified atom stereocenters. The van der Waals surface area contributed by atoms with Crippen molar-refractivity contribution in [3.8, 4) is 17.2 Å². The minimum Gasteiger partial charge on any atom is -0.386 e. The van der Waals surface area contributed by atoms with E-state index in [0.717, 1.165) is 11.1 Å². The van der Waals surface area contributed by atoms with Crippen LogP contribution in [-0.4, -0.2) is 0 Å². The standard InChI is InChI=1S/C24H27O4P/c1-18(2)22-16-11-17-23(19(3)4)24(22)28-29(25,26-20-12-7-5-8-13-20)27-21-14-9-6-10-15-21/h5-19H,1-4H3. The Morgan fingerprint density at radius 1 is 0.586 bits per heavy atom. The highest BCUT2D eigenvalue weighted by atomic mass is 31.2. The summed E-state index contributed by atoms with van der Waals surface area (Å²) in [5.41, 5.74) is 1.93. The molecule has 3 aromatic carbocycles. The highest BCUT2D eigenvalue weighted by Gasteiger charge is 2.35. The van der Waals surface area contributed by atoms with Crippen LogP contribution in [0.2, 0.25) is 0 Å². The summed E-state index contributed by atoms with van der Waals surface area (Å²) < 4.78 is 31.5. The molecule has 0 bridgehead atoms. The van der Waals surface area contributed by atoms with E-state index in [1.807, 2.05) is 54.6 Å². The monoisotopic (exact) mass is 410 g/mol. The molecule has 0 aliphatic carbocycles. The lowest BCUT2D eigenvalue weighted by molar-refractivity contribution is 0.295. The minimum atomic E-state index is -4.02. The maximum Gasteiger partial charge on any atom is 0.647 e. The average molecular weight is 410 g/mol. The topological polar surface area (TPSA) is 44.8 Å². The van der Waals surface area contributed by atoms with E-state index in [-0.39, 0.29) is 11.8 Å². The van der Waals surface area contributed by atoms with Crippen LogP contribution in [-0.2, 0) is 4.57 Å². The number of rotatable bonds is 8. The molecule has 0 heterocycles. The first kappa shape index (κ1) is 21.0. The predicted octanol–water partition coefficient (Wildman–Crippen LogP) is 7.58. The first-order valence-corrected chi connectivity index (χ1v) is 11.3. The Morgan fingerprint density at radius 2 is 1.00 bits per heavy atom. The van der Waals surface area contributed by atoms with E-state index in [9.17, 15) is 4.57 Å². The summed E-state index contributed by atoms with van der Waals surface area (Å²) in [6.07, 6.45) is 0. The number of phosphoric ester groups is 1. The summed E-state index contributed by atoms with van der Waals surface area (Å²) in [6, 6.07) is 23.8. The van der Waals surface area contributed by atoms with Gasteiger partial charge in [-0.3, -0.25) is 0 Å². The molecule has 0 aromatic heterocycles. The van der Waals surface area contributed by atoms with Gasteiger partial charge in [-0.25, -0.2) is 0 Å². The first-order valence-electron chi connectivity index (χ1n) is 9.79. The SMILES string of the molecule is CC(C)c1cccc(C(C)C)c1OP(=O)(Oc1ccccc1)Oc1ccccc1. The van der Waals surface area contributed by atoms with Gasteiger partial charge in [-0.1, -0.05) is 82.3 Å². The molecule has 0 saturated heterocycles. The van der Waals surface area contributed by atoms with Crippen molar-refractivity contribution < 1.29 is 18.1 Å². The van der Waals surface area contributed by atoms with E-state index >= 15 is 0 Å². The van der Waals surface area contributed by atoms with Gasteiger partial charge in [0.15, 0.2) is 0 Å². The van der Waals surface area contributed by atoms with Crippen molar-refractivity contribution in [1.82, 2.24) is 0 Å². The molecule has 0 N–H and O–H groups in total. The largest absolute Gasteiger partial charge is 0.647 e. The zero-order valence-corrected chi connectivity index (χ0v) is 18.1. The fourth-order valence-corrected chi connectivity index (χ4v) is 4.28. The van der Waals surface area contributed by atoms with Gasteiger partial charge in [-0.05, 0) is 47.2 Å². The Labute approximate surface area is 173 Å². The summed E-state index contributed by atoms with van der Waals surface area (Å²) in [5.74, 6) is 1.77. The molecule has 29 heavy (non-hydrogen) atoms. The third kappa shape index (κ3) is 5.42. The van der Waals surface area contributed by atoms with E-state index in [0.29, 0.717) is 17.2 Å². The smallest absolute Gasteiger partial charge is 0.386 e. The van der Waals surface area contributed by atoms with Crippen molar-refractivity contribution in [3.05, 3.63) is 90.0 Å². The van der Waals surface area contributed by atoms with Gasteiger partial charge in [0.05, 0.1) is 0 Å². The Kier molecular flexibility index (Phi) is 6.66. The lowest BCUT2D eigenvalue weighted by atomic mass is 9.94. The van der Waals surface area contributed by atoms with E-state index in [1.54, 1.807) is 24.3 Å². The summed E-state index contributed by atoms with van der Waals surface area (Å²) in [7, 11) is -4.02. The van der Waals surface area contributed by atoms with Crippen LogP contribution in [0.5, 0.6) is 17.2 Å². The molecule has 0 aliphatic heterocycles. The molecule has 0 spiro atoms. The summed E-state index contributed by atoms with van der Waals surface area (Å²) in [4.78, 5) is 0. The van der Waals surface area contributed by atoms with Gasteiger partial charge in [0, 0.05) is 0 Å². The zero-order chi connectivity index (χ0) is 20.9. The molecule has 0 atom stereocenters. The molecular weight excluding hydrogens is 383 g/mol.